The second-order valence-electron chi connectivity index (χ2n) is 11.1. The molecule has 212 valence electrons. The van der Waals surface area contributed by atoms with E-state index in [-0.39, 0.29) is 30.3 Å². The van der Waals surface area contributed by atoms with Gasteiger partial charge in [0.15, 0.2) is 5.13 Å². The molecule has 3 heterocycles. The highest BCUT2D eigenvalue weighted by Gasteiger charge is 2.46. The molecule has 2 aromatic carbocycles. The van der Waals surface area contributed by atoms with Gasteiger partial charge in [-0.25, -0.2) is 4.98 Å². The number of rotatable bonds is 7. The van der Waals surface area contributed by atoms with Crippen molar-refractivity contribution < 1.29 is 24.2 Å². The topological polar surface area (TPSA) is 116 Å². The molecule has 41 heavy (non-hydrogen) atoms. The number of benzene rings is 2. The first kappa shape index (κ1) is 27.2. The van der Waals surface area contributed by atoms with Crippen molar-refractivity contribution in [3.8, 4) is 23.1 Å². The summed E-state index contributed by atoms with van der Waals surface area (Å²) in [5.74, 6) is -0.0153. The highest BCUT2D eigenvalue weighted by atomic mass is 32.1. The third-order valence-electron chi connectivity index (χ3n) is 8.45. The third-order valence-corrected chi connectivity index (χ3v) is 9.35. The molecule has 0 radical (unpaired) electrons. The van der Waals surface area contributed by atoms with Gasteiger partial charge in [-0.2, -0.15) is 5.26 Å². The minimum Gasteiger partial charge on any atom is -0.488 e. The number of ether oxygens (including phenoxy) is 2. The largest absolute Gasteiger partial charge is 0.488 e. The summed E-state index contributed by atoms with van der Waals surface area (Å²) in [5.41, 5.74) is 4.35. The maximum absolute atomic E-state index is 12.9. The SMILES string of the molecule is Cc1ccc(OCc2ccc(C(=O)N3CCOCC3)cc2C#N)c(-c2csc(N3C[C@H]4CC[C@@H](C3)C4C(=O)O)n2)c1. The molecule has 0 spiro atoms. The van der Waals surface area contributed by atoms with E-state index < -0.39 is 5.97 Å². The number of nitriles is 1. The summed E-state index contributed by atoms with van der Waals surface area (Å²) >= 11 is 1.57. The van der Waals surface area contributed by atoms with E-state index in [1.165, 1.54) is 0 Å². The number of morpholine rings is 1. The van der Waals surface area contributed by atoms with Crippen LogP contribution in [0.3, 0.4) is 0 Å². The van der Waals surface area contributed by atoms with E-state index in [2.05, 4.69) is 11.0 Å². The maximum Gasteiger partial charge on any atom is 0.307 e. The van der Waals surface area contributed by atoms with Crippen molar-refractivity contribution in [3.05, 3.63) is 64.0 Å². The second kappa shape index (κ2) is 11.5. The lowest BCUT2D eigenvalue weighted by molar-refractivity contribution is -0.144. The minimum absolute atomic E-state index is 0.0994. The molecule has 1 saturated carbocycles. The number of carbonyl (C=O) groups excluding carboxylic acids is 1. The lowest BCUT2D eigenvalue weighted by Crippen LogP contribution is -2.44. The van der Waals surface area contributed by atoms with Gasteiger partial charge in [0, 0.05) is 48.2 Å². The fourth-order valence-electron chi connectivity index (χ4n) is 6.33. The van der Waals surface area contributed by atoms with E-state index in [1.54, 1.807) is 34.4 Å². The zero-order valence-corrected chi connectivity index (χ0v) is 23.7. The van der Waals surface area contributed by atoms with E-state index in [0.717, 1.165) is 47.9 Å². The van der Waals surface area contributed by atoms with Crippen LogP contribution in [0.15, 0.2) is 41.8 Å². The van der Waals surface area contributed by atoms with Crippen molar-refractivity contribution in [3.63, 3.8) is 0 Å². The molecule has 2 saturated heterocycles. The Labute approximate surface area is 242 Å². The van der Waals surface area contributed by atoms with Gasteiger partial charge in [0.25, 0.3) is 5.91 Å². The van der Waals surface area contributed by atoms with Crippen molar-refractivity contribution in [2.24, 2.45) is 17.8 Å². The fraction of sp³-hybridized carbons (Fsp3) is 0.419. The Balaban J connectivity index is 1.18. The average Bonchev–Trinajstić information content (AvgIpc) is 3.59. The molecule has 1 unspecified atom stereocenters. The lowest BCUT2D eigenvalue weighted by atomic mass is 9.85. The number of amides is 1. The van der Waals surface area contributed by atoms with Gasteiger partial charge in [-0.05, 0) is 55.9 Å². The summed E-state index contributed by atoms with van der Waals surface area (Å²) in [6.07, 6.45) is 1.92. The number of piperidine rings is 1. The van der Waals surface area contributed by atoms with Crippen molar-refractivity contribution in [1.82, 2.24) is 9.88 Å². The molecule has 1 aromatic heterocycles. The summed E-state index contributed by atoms with van der Waals surface area (Å²) in [7, 11) is 0. The van der Waals surface area contributed by atoms with Crippen LogP contribution in [-0.2, 0) is 16.1 Å². The normalized spacial score (nSPS) is 21.9. The summed E-state index contributed by atoms with van der Waals surface area (Å²) in [5, 5.41) is 22.4. The van der Waals surface area contributed by atoms with Crippen LogP contribution in [0.2, 0.25) is 0 Å². The predicted octanol–water partition coefficient (Wildman–Crippen LogP) is 4.59. The number of hydrogen-bond acceptors (Lipinski definition) is 8. The molecule has 3 aliphatic rings. The van der Waals surface area contributed by atoms with Gasteiger partial charge >= 0.3 is 5.97 Å². The Morgan fingerprint density at radius 2 is 1.90 bits per heavy atom. The number of aromatic nitrogens is 1. The fourth-order valence-corrected chi connectivity index (χ4v) is 7.17. The predicted molar refractivity (Wildman–Crippen MR) is 154 cm³/mol. The van der Waals surface area contributed by atoms with E-state index in [1.807, 2.05) is 30.5 Å². The lowest BCUT2D eigenvalue weighted by Gasteiger charge is -2.35. The van der Waals surface area contributed by atoms with E-state index in [0.29, 0.717) is 48.7 Å². The number of aryl methyl sites for hydroxylation is 1. The Morgan fingerprint density at radius 3 is 2.61 bits per heavy atom. The van der Waals surface area contributed by atoms with Gasteiger partial charge < -0.3 is 24.4 Å². The number of thiazole rings is 1. The van der Waals surface area contributed by atoms with Gasteiger partial charge in [-0.3, -0.25) is 9.59 Å². The number of aliphatic carboxylic acids is 1. The molecule has 2 aliphatic heterocycles. The zero-order valence-electron chi connectivity index (χ0n) is 22.9. The summed E-state index contributed by atoms with van der Waals surface area (Å²) in [4.78, 5) is 33.6. The Morgan fingerprint density at radius 1 is 1.15 bits per heavy atom. The Bertz CT molecular complexity index is 1490. The van der Waals surface area contributed by atoms with Gasteiger partial charge in [0.2, 0.25) is 0 Å². The molecule has 3 fully saturated rings. The molecule has 1 N–H and O–H groups in total. The molecule has 1 aliphatic carbocycles. The quantitative estimate of drug-likeness (QED) is 0.437. The zero-order chi connectivity index (χ0) is 28.5. The van der Waals surface area contributed by atoms with Crippen LogP contribution in [0.25, 0.3) is 11.3 Å². The van der Waals surface area contributed by atoms with Crippen molar-refractivity contribution in [2.45, 2.75) is 26.4 Å². The molecular weight excluding hydrogens is 540 g/mol. The monoisotopic (exact) mass is 572 g/mol. The smallest absolute Gasteiger partial charge is 0.307 e. The number of nitrogens with zero attached hydrogens (tertiary/aromatic N) is 4. The molecule has 3 atom stereocenters. The van der Waals surface area contributed by atoms with Crippen molar-refractivity contribution in [2.75, 3.05) is 44.3 Å². The first-order chi connectivity index (χ1) is 19.9. The Hall–Kier alpha value is -3.94. The Kier molecular flexibility index (Phi) is 7.65. The van der Waals surface area contributed by atoms with Crippen LogP contribution in [-0.4, -0.2) is 66.3 Å². The number of carboxylic acids is 1. The van der Waals surface area contributed by atoms with Crippen LogP contribution < -0.4 is 9.64 Å². The molecule has 2 bridgehead atoms. The minimum atomic E-state index is -0.670. The van der Waals surface area contributed by atoms with Crippen molar-refractivity contribution in [1.29, 1.82) is 5.26 Å². The standard InChI is InChI=1S/C31H32N4O5S/c1-19-2-7-27(40-17-23-6-3-20(13-24(23)14-32)29(36)34-8-10-39-11-9-34)25(12-19)26-18-41-31(33-26)35-15-21-4-5-22(16-35)28(21)30(37)38/h2-3,6-7,12-13,18,21-22,28H,4-5,8-11,15-17H2,1H3,(H,37,38)/t21-,22+,28?. The van der Waals surface area contributed by atoms with Gasteiger partial charge in [-0.1, -0.05) is 17.7 Å². The van der Waals surface area contributed by atoms with Crippen LogP contribution >= 0.6 is 11.3 Å². The number of carboxylic acid groups (broad SMARTS) is 1. The van der Waals surface area contributed by atoms with Crippen LogP contribution in [0.1, 0.15) is 39.9 Å². The number of hydrogen-bond donors (Lipinski definition) is 1. The highest BCUT2D eigenvalue weighted by molar-refractivity contribution is 7.14. The highest BCUT2D eigenvalue weighted by Crippen LogP contribution is 2.44. The van der Waals surface area contributed by atoms with Crippen LogP contribution in [0, 0.1) is 36.0 Å². The second-order valence-corrected chi connectivity index (χ2v) is 11.9. The molecule has 10 heteroatoms. The van der Waals surface area contributed by atoms with Gasteiger partial charge in [-0.15, -0.1) is 11.3 Å². The number of anilines is 1. The molecule has 6 rings (SSSR count). The summed E-state index contributed by atoms with van der Waals surface area (Å²) in [6.45, 7) is 5.76. The summed E-state index contributed by atoms with van der Waals surface area (Å²) < 4.78 is 11.6. The first-order valence-electron chi connectivity index (χ1n) is 14.0. The van der Waals surface area contributed by atoms with E-state index >= 15 is 0 Å². The maximum atomic E-state index is 12.9. The van der Waals surface area contributed by atoms with Crippen LogP contribution in [0.5, 0.6) is 5.75 Å². The molecule has 3 aromatic rings. The third kappa shape index (κ3) is 5.52. The first-order valence-corrected chi connectivity index (χ1v) is 14.9. The average molecular weight is 573 g/mol. The van der Waals surface area contributed by atoms with Gasteiger partial charge in [0.05, 0.1) is 36.5 Å². The molecule has 9 nitrogen and oxygen atoms in total. The molecule has 1 amide bonds. The number of carbonyl (C=O) groups is 2. The van der Waals surface area contributed by atoms with Gasteiger partial charge in [0.1, 0.15) is 12.4 Å². The van der Waals surface area contributed by atoms with Crippen LogP contribution in [0.4, 0.5) is 5.13 Å². The van der Waals surface area contributed by atoms with E-state index in [9.17, 15) is 20.0 Å². The van der Waals surface area contributed by atoms with E-state index in [4.69, 9.17) is 14.5 Å². The number of fused-ring (bicyclic) bond motifs is 2. The van der Waals surface area contributed by atoms with Crippen molar-refractivity contribution >= 4 is 28.3 Å². The molecular formula is C31H32N4O5S. The summed E-state index contributed by atoms with van der Waals surface area (Å²) in [6, 6.07) is 13.3.